The normalized spacial score (nSPS) is 12.9. The van der Waals surface area contributed by atoms with Gasteiger partial charge in [-0.25, -0.2) is 0 Å². The van der Waals surface area contributed by atoms with E-state index in [-0.39, 0.29) is 37.5 Å². The second kappa shape index (κ2) is 51.0. The molecule has 0 amide bonds. The van der Waals surface area contributed by atoms with Crippen LogP contribution in [-0.2, 0) is 28.6 Å². The van der Waals surface area contributed by atoms with Crippen molar-refractivity contribution in [2.45, 2.75) is 232 Å². The molecule has 0 aromatic carbocycles. The molecule has 0 spiro atoms. The van der Waals surface area contributed by atoms with E-state index in [4.69, 9.17) is 14.2 Å². The van der Waals surface area contributed by atoms with Gasteiger partial charge in [0.2, 0.25) is 0 Å². The van der Waals surface area contributed by atoms with Crippen molar-refractivity contribution in [2.24, 2.45) is 0 Å². The summed E-state index contributed by atoms with van der Waals surface area (Å²) >= 11 is 0. The van der Waals surface area contributed by atoms with Crippen molar-refractivity contribution in [3.05, 3.63) is 97.2 Å². The first-order valence-electron chi connectivity index (χ1n) is 25.8. The quantitative estimate of drug-likeness (QED) is 0.0199. The molecule has 0 rings (SSSR count). The van der Waals surface area contributed by atoms with E-state index in [1.165, 1.54) is 109 Å². The zero-order chi connectivity index (χ0) is 45.8. The summed E-state index contributed by atoms with van der Waals surface area (Å²) in [6.45, 7) is 6.31. The Morgan fingerprint density at radius 2 is 0.714 bits per heavy atom. The van der Waals surface area contributed by atoms with Crippen molar-refractivity contribution in [3.8, 4) is 0 Å². The highest BCUT2D eigenvalue weighted by Crippen LogP contribution is 2.15. The first kappa shape index (κ1) is 59.3. The van der Waals surface area contributed by atoms with Crippen LogP contribution >= 0.6 is 0 Å². The van der Waals surface area contributed by atoms with Gasteiger partial charge < -0.3 is 14.2 Å². The number of carbonyl (C=O) groups excluding carboxylic acids is 3. The molecular formula is C57H94O6. The minimum Gasteiger partial charge on any atom is -0.462 e. The number of carbonyl (C=O) groups is 3. The monoisotopic (exact) mass is 875 g/mol. The first-order valence-corrected chi connectivity index (χ1v) is 25.8. The van der Waals surface area contributed by atoms with Crippen molar-refractivity contribution >= 4 is 17.9 Å². The molecule has 6 nitrogen and oxygen atoms in total. The number of hydrogen-bond donors (Lipinski definition) is 0. The predicted molar refractivity (Wildman–Crippen MR) is 270 cm³/mol. The maximum atomic E-state index is 12.7. The van der Waals surface area contributed by atoms with Crippen LogP contribution in [0.2, 0.25) is 0 Å². The van der Waals surface area contributed by atoms with Crippen LogP contribution in [-0.4, -0.2) is 37.2 Å². The third kappa shape index (κ3) is 49.2. The number of allylic oxidation sites excluding steroid dienone is 16. The van der Waals surface area contributed by atoms with Crippen molar-refractivity contribution in [1.82, 2.24) is 0 Å². The summed E-state index contributed by atoms with van der Waals surface area (Å²) in [5, 5.41) is 0. The Labute approximate surface area is 387 Å². The standard InChI is InChI=1S/C57H94O6/c1-4-7-10-13-16-19-22-25-26-27-28-29-30-33-35-38-41-44-47-50-56(59)62-53-54(63-57(60)51-48-45-42-39-36-32-24-21-18-15-12-9-6-3)52-61-55(58)49-46-43-40-37-34-31-23-20-17-14-11-8-5-2/h7,9-10,12,15-16,18-19,21,24-26,32,36,39,42,54H,4-6,8,11,13-14,17,20,22-23,27-31,33-35,37-38,40-41,43-53H2,1-3H3/b10-7-,12-9-,18-15-,19-16-,24-21-,26-25-,36-32-,42-39-. The Bertz CT molecular complexity index is 1280. The fraction of sp³-hybridized carbons (Fsp3) is 0.667. The molecule has 358 valence electrons. The molecule has 0 aromatic rings. The van der Waals surface area contributed by atoms with Crippen LogP contribution in [0.1, 0.15) is 226 Å². The van der Waals surface area contributed by atoms with Gasteiger partial charge in [0.15, 0.2) is 6.10 Å². The average molecular weight is 875 g/mol. The number of esters is 3. The summed E-state index contributed by atoms with van der Waals surface area (Å²) in [6, 6.07) is 0. The summed E-state index contributed by atoms with van der Waals surface area (Å²) in [6.07, 6.45) is 66.9. The first-order chi connectivity index (χ1) is 31.0. The average Bonchev–Trinajstić information content (AvgIpc) is 3.28. The molecule has 0 aliphatic rings. The van der Waals surface area contributed by atoms with Crippen molar-refractivity contribution in [2.75, 3.05) is 13.2 Å². The second-order valence-corrected chi connectivity index (χ2v) is 16.8. The highest BCUT2D eigenvalue weighted by atomic mass is 16.6. The topological polar surface area (TPSA) is 78.9 Å². The van der Waals surface area contributed by atoms with Gasteiger partial charge in [-0.15, -0.1) is 0 Å². The van der Waals surface area contributed by atoms with Crippen molar-refractivity contribution in [3.63, 3.8) is 0 Å². The zero-order valence-electron chi connectivity index (χ0n) is 40.8. The third-order valence-corrected chi connectivity index (χ3v) is 10.7. The van der Waals surface area contributed by atoms with Crippen LogP contribution in [0.25, 0.3) is 0 Å². The van der Waals surface area contributed by atoms with Crippen LogP contribution in [0.3, 0.4) is 0 Å². The highest BCUT2D eigenvalue weighted by molar-refractivity contribution is 5.71. The van der Waals surface area contributed by atoms with E-state index in [0.29, 0.717) is 19.3 Å². The van der Waals surface area contributed by atoms with E-state index < -0.39 is 6.10 Å². The summed E-state index contributed by atoms with van der Waals surface area (Å²) in [5.74, 6) is -0.989. The van der Waals surface area contributed by atoms with E-state index in [9.17, 15) is 14.4 Å². The molecule has 0 radical (unpaired) electrons. The van der Waals surface area contributed by atoms with E-state index in [1.807, 2.05) is 54.7 Å². The fourth-order valence-corrected chi connectivity index (χ4v) is 6.90. The number of hydrogen-bond acceptors (Lipinski definition) is 6. The maximum Gasteiger partial charge on any atom is 0.306 e. The van der Waals surface area contributed by atoms with Gasteiger partial charge in [0.05, 0.1) is 0 Å². The Morgan fingerprint density at radius 3 is 1.19 bits per heavy atom. The molecule has 0 aromatic heterocycles. The van der Waals surface area contributed by atoms with E-state index in [0.717, 1.165) is 70.6 Å². The van der Waals surface area contributed by atoms with Gasteiger partial charge >= 0.3 is 17.9 Å². The molecule has 0 bridgehead atoms. The highest BCUT2D eigenvalue weighted by Gasteiger charge is 2.19. The maximum absolute atomic E-state index is 12.7. The Morgan fingerprint density at radius 1 is 0.349 bits per heavy atom. The van der Waals surface area contributed by atoms with Crippen molar-refractivity contribution < 1.29 is 28.6 Å². The van der Waals surface area contributed by atoms with E-state index >= 15 is 0 Å². The molecule has 0 aliphatic carbocycles. The summed E-state index contributed by atoms with van der Waals surface area (Å²) in [7, 11) is 0. The van der Waals surface area contributed by atoms with Crippen LogP contribution < -0.4 is 0 Å². The van der Waals surface area contributed by atoms with Gasteiger partial charge in [-0.1, -0.05) is 240 Å². The van der Waals surface area contributed by atoms with Crippen LogP contribution in [0, 0.1) is 0 Å². The minimum absolute atomic E-state index is 0.107. The van der Waals surface area contributed by atoms with Gasteiger partial charge in [0.1, 0.15) is 13.2 Å². The Balaban J connectivity index is 4.44. The molecule has 0 saturated carbocycles. The molecule has 6 heteroatoms. The second-order valence-electron chi connectivity index (χ2n) is 16.8. The van der Waals surface area contributed by atoms with Crippen LogP contribution in [0.4, 0.5) is 0 Å². The number of ether oxygens (including phenoxy) is 3. The fourth-order valence-electron chi connectivity index (χ4n) is 6.90. The van der Waals surface area contributed by atoms with Crippen molar-refractivity contribution in [1.29, 1.82) is 0 Å². The molecule has 0 fully saturated rings. The van der Waals surface area contributed by atoms with Crippen LogP contribution in [0.5, 0.6) is 0 Å². The lowest BCUT2D eigenvalue weighted by Gasteiger charge is -2.18. The van der Waals surface area contributed by atoms with Gasteiger partial charge in [0, 0.05) is 19.3 Å². The van der Waals surface area contributed by atoms with Crippen LogP contribution in [0.15, 0.2) is 97.2 Å². The SMILES string of the molecule is CC\C=C/C=C\C=C/C=C\C=C/CCCC(=O)OC(COC(=O)CCCCCCCCCCC/C=C\C/C=C\C/C=C\CC)COC(=O)CCCCCCCCCCCCCCC. The zero-order valence-corrected chi connectivity index (χ0v) is 40.8. The molecule has 0 heterocycles. The molecule has 63 heavy (non-hydrogen) atoms. The van der Waals surface area contributed by atoms with Gasteiger partial charge in [-0.3, -0.25) is 14.4 Å². The Hall–Kier alpha value is -3.67. The van der Waals surface area contributed by atoms with E-state index in [1.54, 1.807) is 0 Å². The van der Waals surface area contributed by atoms with Gasteiger partial charge in [-0.2, -0.15) is 0 Å². The molecule has 0 saturated heterocycles. The number of rotatable bonds is 45. The molecule has 1 atom stereocenters. The van der Waals surface area contributed by atoms with E-state index in [2.05, 4.69) is 63.3 Å². The smallest absolute Gasteiger partial charge is 0.306 e. The molecule has 0 N–H and O–H groups in total. The predicted octanol–water partition coefficient (Wildman–Crippen LogP) is 17.0. The third-order valence-electron chi connectivity index (χ3n) is 10.7. The summed E-state index contributed by atoms with van der Waals surface area (Å²) < 4.78 is 16.7. The summed E-state index contributed by atoms with van der Waals surface area (Å²) in [5.41, 5.74) is 0. The minimum atomic E-state index is -0.815. The number of unbranched alkanes of at least 4 members (excludes halogenated alkanes) is 22. The lowest BCUT2D eigenvalue weighted by Crippen LogP contribution is -2.30. The lowest BCUT2D eigenvalue weighted by molar-refractivity contribution is -0.167. The molecular weight excluding hydrogens is 781 g/mol. The summed E-state index contributed by atoms with van der Waals surface area (Å²) in [4.78, 5) is 37.9. The van der Waals surface area contributed by atoms with Gasteiger partial charge in [-0.05, 0) is 64.2 Å². The largest absolute Gasteiger partial charge is 0.462 e. The lowest BCUT2D eigenvalue weighted by atomic mass is 10.0. The molecule has 1 unspecified atom stereocenters. The Kier molecular flexibility index (Phi) is 48.0. The van der Waals surface area contributed by atoms with Gasteiger partial charge in [0.25, 0.3) is 0 Å². The molecule has 0 aliphatic heterocycles.